The summed E-state index contributed by atoms with van der Waals surface area (Å²) in [6, 6.07) is 8.43. The highest BCUT2D eigenvalue weighted by atomic mass is 32.1. The molecule has 0 unspecified atom stereocenters. The summed E-state index contributed by atoms with van der Waals surface area (Å²) in [4.78, 5) is 2.47. The normalized spacial score (nSPS) is 18.8. The number of anilines is 1. The fourth-order valence-corrected chi connectivity index (χ4v) is 3.12. The van der Waals surface area contributed by atoms with E-state index in [1.807, 2.05) is 0 Å². The van der Waals surface area contributed by atoms with Gasteiger partial charge >= 0.3 is 0 Å². The van der Waals surface area contributed by atoms with Crippen LogP contribution in [0.15, 0.2) is 24.3 Å². The van der Waals surface area contributed by atoms with Gasteiger partial charge in [0.15, 0.2) is 5.11 Å². The molecule has 5 heteroatoms. The van der Waals surface area contributed by atoms with Gasteiger partial charge in [-0.2, -0.15) is 0 Å². The molecule has 0 aliphatic carbocycles. The van der Waals surface area contributed by atoms with Crippen molar-refractivity contribution in [1.82, 2.24) is 10.2 Å². The number of rotatable bonds is 6. The SMILES string of the molecule is CC(C)CN1CCO[C@@H](CNC(=S)Nc2ccc(C(C)C)cc2)C1. The lowest BCUT2D eigenvalue weighted by atomic mass is 10.0. The Morgan fingerprint density at radius 3 is 2.58 bits per heavy atom. The van der Waals surface area contributed by atoms with Crippen molar-refractivity contribution in [1.29, 1.82) is 0 Å². The third-order valence-electron chi connectivity index (χ3n) is 4.17. The van der Waals surface area contributed by atoms with E-state index in [9.17, 15) is 0 Å². The minimum atomic E-state index is 0.195. The van der Waals surface area contributed by atoms with Gasteiger partial charge in [0.2, 0.25) is 0 Å². The van der Waals surface area contributed by atoms with Crippen LogP contribution in [0.25, 0.3) is 0 Å². The predicted molar refractivity (Wildman–Crippen MR) is 106 cm³/mol. The minimum absolute atomic E-state index is 0.195. The second-order valence-electron chi connectivity index (χ2n) is 7.26. The molecule has 1 fully saturated rings. The van der Waals surface area contributed by atoms with Crippen molar-refractivity contribution < 1.29 is 4.74 Å². The molecule has 0 bridgehead atoms. The quantitative estimate of drug-likeness (QED) is 0.769. The Hall–Kier alpha value is -1.17. The van der Waals surface area contributed by atoms with Crippen LogP contribution in [0.4, 0.5) is 5.69 Å². The average Bonchev–Trinajstić information content (AvgIpc) is 2.53. The van der Waals surface area contributed by atoms with Crippen molar-refractivity contribution in [2.75, 3.05) is 38.1 Å². The van der Waals surface area contributed by atoms with Gasteiger partial charge in [0.1, 0.15) is 0 Å². The summed E-state index contributed by atoms with van der Waals surface area (Å²) in [7, 11) is 0. The van der Waals surface area contributed by atoms with E-state index in [-0.39, 0.29) is 6.10 Å². The molecule has 1 aliphatic rings. The Morgan fingerprint density at radius 1 is 1.25 bits per heavy atom. The molecule has 0 saturated carbocycles. The molecule has 1 aromatic rings. The molecule has 2 rings (SSSR count). The van der Waals surface area contributed by atoms with Crippen molar-refractivity contribution in [3.8, 4) is 0 Å². The average molecular weight is 350 g/mol. The molecule has 0 amide bonds. The van der Waals surface area contributed by atoms with Crippen LogP contribution in [-0.2, 0) is 4.74 Å². The van der Waals surface area contributed by atoms with E-state index in [1.54, 1.807) is 0 Å². The summed E-state index contributed by atoms with van der Waals surface area (Å²) in [5.41, 5.74) is 2.35. The summed E-state index contributed by atoms with van der Waals surface area (Å²) in [5.74, 6) is 1.23. The maximum Gasteiger partial charge on any atom is 0.170 e. The molecular formula is C19H31N3OS. The van der Waals surface area contributed by atoms with Crippen LogP contribution >= 0.6 is 12.2 Å². The molecule has 24 heavy (non-hydrogen) atoms. The van der Waals surface area contributed by atoms with Gasteiger partial charge in [-0.3, -0.25) is 4.90 Å². The summed E-state index contributed by atoms with van der Waals surface area (Å²) < 4.78 is 5.84. The molecule has 2 N–H and O–H groups in total. The topological polar surface area (TPSA) is 36.5 Å². The molecule has 1 atom stereocenters. The Kier molecular flexibility index (Phi) is 7.46. The van der Waals surface area contributed by atoms with Crippen molar-refractivity contribution in [2.45, 2.75) is 39.7 Å². The van der Waals surface area contributed by atoms with E-state index in [4.69, 9.17) is 17.0 Å². The molecule has 1 heterocycles. The van der Waals surface area contributed by atoms with E-state index < -0.39 is 0 Å². The van der Waals surface area contributed by atoms with Crippen molar-refractivity contribution >= 4 is 23.0 Å². The van der Waals surface area contributed by atoms with Gasteiger partial charge < -0.3 is 15.4 Å². The Morgan fingerprint density at radius 2 is 1.96 bits per heavy atom. The largest absolute Gasteiger partial charge is 0.374 e. The van der Waals surface area contributed by atoms with Crippen LogP contribution in [0.3, 0.4) is 0 Å². The highest BCUT2D eigenvalue weighted by Gasteiger charge is 2.20. The molecule has 1 aromatic carbocycles. The lowest BCUT2D eigenvalue weighted by Crippen LogP contribution is -2.48. The van der Waals surface area contributed by atoms with E-state index in [1.165, 1.54) is 5.56 Å². The van der Waals surface area contributed by atoms with Crippen LogP contribution in [0.5, 0.6) is 0 Å². The summed E-state index contributed by atoms with van der Waals surface area (Å²) >= 11 is 5.40. The number of hydrogen-bond donors (Lipinski definition) is 2. The van der Waals surface area contributed by atoms with E-state index in [0.717, 1.165) is 38.5 Å². The number of benzene rings is 1. The van der Waals surface area contributed by atoms with Gasteiger partial charge in [0.05, 0.1) is 12.7 Å². The zero-order valence-electron chi connectivity index (χ0n) is 15.3. The molecular weight excluding hydrogens is 318 g/mol. The van der Waals surface area contributed by atoms with Crippen LogP contribution in [0, 0.1) is 5.92 Å². The summed E-state index contributed by atoms with van der Waals surface area (Å²) in [6.07, 6.45) is 0.195. The summed E-state index contributed by atoms with van der Waals surface area (Å²) in [6.45, 7) is 13.6. The maximum absolute atomic E-state index is 5.84. The Balaban J connectivity index is 1.74. The fraction of sp³-hybridized carbons (Fsp3) is 0.632. The van der Waals surface area contributed by atoms with Crippen LogP contribution < -0.4 is 10.6 Å². The standard InChI is InChI=1S/C19H31N3OS/c1-14(2)12-22-9-10-23-18(13-22)11-20-19(24)21-17-7-5-16(6-8-17)15(3)4/h5-8,14-15,18H,9-13H2,1-4H3,(H2,20,21,24)/t18-/m0/s1. The molecule has 134 valence electrons. The van der Waals surface area contributed by atoms with Gasteiger partial charge in [-0.15, -0.1) is 0 Å². The number of ether oxygens (including phenoxy) is 1. The molecule has 1 saturated heterocycles. The lowest BCUT2D eigenvalue weighted by Gasteiger charge is -2.34. The lowest BCUT2D eigenvalue weighted by molar-refractivity contribution is -0.0283. The minimum Gasteiger partial charge on any atom is -0.374 e. The smallest absolute Gasteiger partial charge is 0.170 e. The first-order valence-electron chi connectivity index (χ1n) is 8.92. The van der Waals surface area contributed by atoms with Crippen LogP contribution in [0.1, 0.15) is 39.2 Å². The number of thiocarbonyl (C=S) groups is 1. The fourth-order valence-electron chi connectivity index (χ4n) is 2.92. The molecule has 4 nitrogen and oxygen atoms in total. The second kappa shape index (κ2) is 9.35. The Labute approximate surface area is 152 Å². The van der Waals surface area contributed by atoms with Crippen molar-refractivity contribution in [3.63, 3.8) is 0 Å². The van der Waals surface area contributed by atoms with Gasteiger partial charge in [-0.05, 0) is 41.7 Å². The van der Waals surface area contributed by atoms with Gasteiger partial charge in [-0.1, -0.05) is 39.8 Å². The van der Waals surface area contributed by atoms with Crippen LogP contribution in [-0.4, -0.2) is 48.9 Å². The van der Waals surface area contributed by atoms with Gasteiger partial charge in [0, 0.05) is 31.9 Å². The second-order valence-corrected chi connectivity index (χ2v) is 7.67. The maximum atomic E-state index is 5.84. The summed E-state index contributed by atoms with van der Waals surface area (Å²) in [5, 5.41) is 7.17. The third kappa shape index (κ3) is 6.38. The number of morpholine rings is 1. The molecule has 0 spiro atoms. The predicted octanol–water partition coefficient (Wildman–Crippen LogP) is 3.45. The van der Waals surface area contributed by atoms with Gasteiger partial charge in [0.25, 0.3) is 0 Å². The number of hydrogen-bond acceptors (Lipinski definition) is 3. The Bertz CT molecular complexity index is 516. The molecule has 0 radical (unpaired) electrons. The first kappa shape index (κ1) is 19.2. The first-order chi connectivity index (χ1) is 11.4. The molecule has 0 aromatic heterocycles. The highest BCUT2D eigenvalue weighted by molar-refractivity contribution is 7.80. The van der Waals surface area contributed by atoms with Crippen molar-refractivity contribution in [2.24, 2.45) is 5.92 Å². The van der Waals surface area contributed by atoms with Crippen molar-refractivity contribution in [3.05, 3.63) is 29.8 Å². The van der Waals surface area contributed by atoms with E-state index in [0.29, 0.717) is 16.9 Å². The van der Waals surface area contributed by atoms with E-state index in [2.05, 4.69) is 67.5 Å². The first-order valence-corrected chi connectivity index (χ1v) is 9.33. The highest BCUT2D eigenvalue weighted by Crippen LogP contribution is 2.17. The van der Waals surface area contributed by atoms with E-state index >= 15 is 0 Å². The number of nitrogens with one attached hydrogen (secondary N) is 2. The third-order valence-corrected chi connectivity index (χ3v) is 4.42. The zero-order chi connectivity index (χ0) is 17.5. The zero-order valence-corrected chi connectivity index (χ0v) is 16.2. The van der Waals surface area contributed by atoms with Gasteiger partial charge in [-0.25, -0.2) is 0 Å². The van der Waals surface area contributed by atoms with Crippen LogP contribution in [0.2, 0.25) is 0 Å². The monoisotopic (exact) mass is 349 g/mol. The molecule has 1 aliphatic heterocycles. The number of nitrogens with zero attached hydrogens (tertiary/aromatic N) is 1.